The molecule has 1 aliphatic carbocycles. The van der Waals surface area contributed by atoms with Crippen LogP contribution in [0.15, 0.2) is 48.8 Å². The Kier molecular flexibility index (Phi) is 7.80. The van der Waals surface area contributed by atoms with Crippen LogP contribution in [0.5, 0.6) is 5.75 Å². The Morgan fingerprint density at radius 2 is 2.02 bits per heavy atom. The van der Waals surface area contributed by atoms with Gasteiger partial charge in [-0.25, -0.2) is 18.5 Å². The number of methoxy groups -OCH3 is 1. The molecule has 5 rings (SSSR count). The van der Waals surface area contributed by atoms with Gasteiger partial charge in [-0.15, -0.1) is 0 Å². The van der Waals surface area contributed by atoms with Crippen LogP contribution in [0.2, 0.25) is 0 Å². The molecule has 3 aromatic rings. The zero-order valence-corrected chi connectivity index (χ0v) is 23.3. The highest BCUT2D eigenvalue weighted by Crippen LogP contribution is 2.68. The molecule has 2 aliphatic rings. The van der Waals surface area contributed by atoms with E-state index in [-0.39, 0.29) is 30.0 Å². The third kappa shape index (κ3) is 4.97. The highest BCUT2D eigenvalue weighted by Gasteiger charge is 2.89. The van der Waals surface area contributed by atoms with E-state index < -0.39 is 55.9 Å². The molecule has 2 aromatic heterocycles. The molecule has 1 aromatic carbocycles. The number of alkyl halides is 1. The first-order valence-corrected chi connectivity index (χ1v) is 14.3. The molecule has 5 N–H and O–H groups in total. The molecule has 0 bridgehead atoms. The van der Waals surface area contributed by atoms with Gasteiger partial charge in [0.05, 0.1) is 11.8 Å². The maximum absolute atomic E-state index is 14.6. The van der Waals surface area contributed by atoms with Gasteiger partial charge in [-0.1, -0.05) is 18.2 Å². The molecule has 0 spiro atoms. The number of halogens is 1. The molecule has 1 saturated carbocycles. The zero-order valence-electron chi connectivity index (χ0n) is 22.4. The van der Waals surface area contributed by atoms with Crippen LogP contribution in [0, 0.1) is 0 Å². The molecule has 14 nitrogen and oxygen atoms in total. The number of aliphatic hydroxyl groups is 2. The van der Waals surface area contributed by atoms with Crippen molar-refractivity contribution in [1.29, 1.82) is 0 Å². The summed E-state index contributed by atoms with van der Waals surface area (Å²) in [5, 5.41) is 29.2. The Morgan fingerprint density at radius 1 is 1.29 bits per heavy atom. The summed E-state index contributed by atoms with van der Waals surface area (Å²) in [5.74, 6) is -0.527. The minimum Gasteiger partial charge on any atom is -0.462 e. The van der Waals surface area contributed by atoms with Crippen molar-refractivity contribution < 1.29 is 47.2 Å². The highest BCUT2D eigenvalue weighted by atomic mass is 31.2. The summed E-state index contributed by atoms with van der Waals surface area (Å²) in [7, 11) is -3.09. The Bertz CT molecular complexity index is 1460. The van der Waals surface area contributed by atoms with E-state index in [2.05, 4.69) is 15.2 Å². The lowest BCUT2D eigenvalue weighted by Crippen LogP contribution is -2.39. The first kappa shape index (κ1) is 29.3. The maximum atomic E-state index is 14.6. The van der Waals surface area contributed by atoms with E-state index >= 15 is 0 Å². The predicted molar refractivity (Wildman–Crippen MR) is 140 cm³/mol. The maximum Gasteiger partial charge on any atom is 0.459 e. The second kappa shape index (κ2) is 10.9. The Balaban J connectivity index is 1.39. The SMILES string of the molecule is CO[C@@H](C)COC(=O)[C@H](C)N[P@@](=O)(Oc1ccccc1)OC1[C@@]2(CF)O[C@@H](c3ccc4c(N)ncnn34)[C@H](O)[C@@]12O. The first-order chi connectivity index (χ1) is 19.5. The monoisotopic (exact) mass is 595 g/mol. The number of para-hydroxylation sites is 1. The molecule has 16 heteroatoms. The van der Waals surface area contributed by atoms with E-state index in [4.69, 9.17) is 29.0 Å². The number of anilines is 1. The van der Waals surface area contributed by atoms with Crippen LogP contribution < -0.4 is 15.3 Å². The molecule has 2 fully saturated rings. The van der Waals surface area contributed by atoms with Gasteiger partial charge in [0.2, 0.25) is 0 Å². The van der Waals surface area contributed by atoms with Crippen molar-refractivity contribution in [2.24, 2.45) is 0 Å². The predicted octanol–water partition coefficient (Wildman–Crippen LogP) is 1.33. The van der Waals surface area contributed by atoms with Crippen molar-refractivity contribution in [3.05, 3.63) is 54.5 Å². The number of aliphatic hydroxyl groups excluding tert-OH is 1. The smallest absolute Gasteiger partial charge is 0.459 e. The second-order valence-electron chi connectivity index (χ2n) is 9.95. The number of nitrogens with zero attached hydrogens (tertiary/aromatic N) is 3. The number of hydrogen-bond acceptors (Lipinski definition) is 12. The Hall–Kier alpha value is -3.17. The summed E-state index contributed by atoms with van der Waals surface area (Å²) in [4.78, 5) is 16.5. The van der Waals surface area contributed by atoms with Crippen molar-refractivity contribution in [3.63, 3.8) is 0 Å². The van der Waals surface area contributed by atoms with Crippen LogP contribution in [0.4, 0.5) is 10.2 Å². The number of carbonyl (C=O) groups excluding carboxylic acids is 1. The fourth-order valence-corrected chi connectivity index (χ4v) is 6.61. The molecule has 8 atom stereocenters. The van der Waals surface area contributed by atoms with Gasteiger partial charge in [0, 0.05) is 7.11 Å². The molecule has 0 radical (unpaired) electrons. The van der Waals surface area contributed by atoms with E-state index in [1.807, 2.05) is 0 Å². The molecule has 1 unspecified atom stereocenters. The highest BCUT2D eigenvalue weighted by molar-refractivity contribution is 7.52. The second-order valence-corrected chi connectivity index (χ2v) is 11.6. The van der Waals surface area contributed by atoms with Gasteiger partial charge < -0.3 is 34.7 Å². The number of nitrogens with one attached hydrogen (secondary N) is 1. The van der Waals surface area contributed by atoms with E-state index in [1.165, 1.54) is 37.0 Å². The van der Waals surface area contributed by atoms with Gasteiger partial charge in [-0.2, -0.15) is 10.2 Å². The summed E-state index contributed by atoms with van der Waals surface area (Å²) < 4.78 is 57.4. The topological polar surface area (TPSA) is 189 Å². The van der Waals surface area contributed by atoms with Crippen molar-refractivity contribution in [2.45, 2.75) is 55.5 Å². The normalized spacial score (nSPS) is 29.9. The molecular formula is C25H31FN5O9P. The van der Waals surface area contributed by atoms with E-state index in [1.54, 1.807) is 37.3 Å². The summed E-state index contributed by atoms with van der Waals surface area (Å²) in [6, 6.07) is 9.81. The van der Waals surface area contributed by atoms with Gasteiger partial charge in [0.25, 0.3) is 0 Å². The first-order valence-electron chi connectivity index (χ1n) is 12.7. The summed E-state index contributed by atoms with van der Waals surface area (Å²) in [5.41, 5.74) is 2.14. The number of ether oxygens (including phenoxy) is 3. The van der Waals surface area contributed by atoms with Crippen LogP contribution in [0.3, 0.4) is 0 Å². The molecule has 41 heavy (non-hydrogen) atoms. The number of carbonyl (C=O) groups is 1. The van der Waals surface area contributed by atoms with Crippen LogP contribution >= 0.6 is 7.75 Å². The van der Waals surface area contributed by atoms with Crippen molar-refractivity contribution in [2.75, 3.05) is 26.1 Å². The molecular weight excluding hydrogens is 564 g/mol. The van der Waals surface area contributed by atoms with Crippen LogP contribution in [0.1, 0.15) is 25.6 Å². The quantitative estimate of drug-likeness (QED) is 0.174. The third-order valence-corrected chi connectivity index (χ3v) is 8.92. The minimum absolute atomic E-state index is 0.0637. The zero-order chi connectivity index (χ0) is 29.6. The Labute approximate surface area is 234 Å². The lowest BCUT2D eigenvalue weighted by Gasteiger charge is -2.27. The van der Waals surface area contributed by atoms with Crippen molar-refractivity contribution >= 4 is 25.1 Å². The third-order valence-electron chi connectivity index (χ3n) is 7.27. The summed E-state index contributed by atoms with van der Waals surface area (Å²) in [6.45, 7) is 1.69. The van der Waals surface area contributed by atoms with Crippen LogP contribution in [0.25, 0.3) is 5.52 Å². The fourth-order valence-electron chi connectivity index (χ4n) is 4.87. The molecule has 0 amide bonds. The number of esters is 1. The largest absolute Gasteiger partial charge is 0.462 e. The van der Waals surface area contributed by atoms with Gasteiger partial charge in [-0.05, 0) is 38.1 Å². The lowest BCUT2D eigenvalue weighted by molar-refractivity contribution is -0.148. The van der Waals surface area contributed by atoms with E-state index in [0.717, 1.165) is 0 Å². The molecule has 222 valence electrons. The van der Waals surface area contributed by atoms with Gasteiger partial charge in [0.1, 0.15) is 55.2 Å². The minimum atomic E-state index is -4.55. The number of fused-ring (bicyclic) bond motifs is 2. The molecule has 1 aliphatic heterocycles. The van der Waals surface area contributed by atoms with Gasteiger partial charge in [-0.3, -0.25) is 9.32 Å². The van der Waals surface area contributed by atoms with Gasteiger partial charge >= 0.3 is 13.7 Å². The van der Waals surface area contributed by atoms with Crippen LogP contribution in [-0.2, 0) is 28.1 Å². The number of nitrogen functional groups attached to an aromatic ring is 1. The van der Waals surface area contributed by atoms with E-state index in [9.17, 15) is 24.0 Å². The average Bonchev–Trinajstić information content (AvgIpc) is 3.21. The number of benzene rings is 1. The number of rotatable bonds is 12. The van der Waals surface area contributed by atoms with Crippen molar-refractivity contribution in [1.82, 2.24) is 19.7 Å². The lowest BCUT2D eigenvalue weighted by atomic mass is 10.0. The average molecular weight is 596 g/mol. The Morgan fingerprint density at radius 3 is 2.68 bits per heavy atom. The number of aromatic nitrogens is 3. The summed E-state index contributed by atoms with van der Waals surface area (Å²) >= 11 is 0. The molecule has 1 saturated heterocycles. The van der Waals surface area contributed by atoms with E-state index in [0.29, 0.717) is 5.52 Å². The van der Waals surface area contributed by atoms with Crippen LogP contribution in [-0.4, -0.2) is 86.7 Å². The number of nitrogens with two attached hydrogens (primary N) is 1. The standard InChI is InChI=1S/C25H31FN5O9P/c1-14(36-3)11-37-22(33)15(2)30-41(35,39-16-7-5-4-6-8-16)40-23-24(12-26)25(23,34)20(32)19(38-24)17-9-10-18-21(27)28-13-29-31(17)18/h4-10,13-15,19-20,23,32,34H,11-12H2,1-3H3,(H,30,35)(H2,27,28,29)/t14-,15-,19-,20-,23?,24+,25+,41+/m0/s1. The number of hydrogen-bond donors (Lipinski definition) is 4. The van der Waals surface area contributed by atoms with Gasteiger partial charge in [0.15, 0.2) is 17.0 Å². The fraction of sp³-hybridized carbons (Fsp3) is 0.480. The van der Waals surface area contributed by atoms with Crippen molar-refractivity contribution in [3.8, 4) is 5.75 Å². The molecule has 3 heterocycles. The summed E-state index contributed by atoms with van der Waals surface area (Å²) in [6.07, 6.45) is -3.81.